The molecule has 408 valence electrons. The number of alkyl carbamates (subject to hydrolysis) is 2. The molecule has 0 aliphatic heterocycles. The van der Waals surface area contributed by atoms with Gasteiger partial charge in [0.05, 0.1) is 5.75 Å². The number of nitrogens with one attached hydrogen (secondary N) is 2. The number of carbonyl (C=O) groups is 5. The molecule has 0 saturated heterocycles. The molecule has 4 amide bonds. The van der Waals surface area contributed by atoms with Crippen LogP contribution in [0.3, 0.4) is 0 Å². The van der Waals surface area contributed by atoms with Crippen molar-refractivity contribution in [2.24, 2.45) is 46.3 Å². The van der Waals surface area contributed by atoms with Crippen molar-refractivity contribution in [2.75, 3.05) is 50.8 Å². The van der Waals surface area contributed by atoms with E-state index in [1.807, 2.05) is 41.5 Å². The Bertz CT molecular complexity index is 1770. The molecule has 0 aromatic rings. The van der Waals surface area contributed by atoms with Gasteiger partial charge in [0, 0.05) is 45.7 Å². The number of nitrogens with zero attached hydrogens (tertiary/aromatic N) is 2. The van der Waals surface area contributed by atoms with E-state index in [0.717, 1.165) is 54.8 Å². The Morgan fingerprint density at radius 2 is 1.24 bits per heavy atom. The third kappa shape index (κ3) is 19.8. The van der Waals surface area contributed by atoms with Gasteiger partial charge in [-0.05, 0) is 179 Å². The maximum atomic E-state index is 13.7. The fourth-order valence-corrected chi connectivity index (χ4v) is 14.1. The van der Waals surface area contributed by atoms with E-state index in [-0.39, 0.29) is 34.9 Å². The van der Waals surface area contributed by atoms with Gasteiger partial charge < -0.3 is 39.4 Å². The maximum Gasteiger partial charge on any atom is 0.410 e. The average molecular weight is 1040 g/mol. The molecular weight excluding hydrogens is 937 g/mol. The van der Waals surface area contributed by atoms with Crippen LogP contribution in [0, 0.1) is 46.3 Å². The number of unbranched alkanes of at least 4 members (excludes halogenated alkanes) is 1. The van der Waals surface area contributed by atoms with Crippen LogP contribution in [0.15, 0.2) is 11.6 Å². The first-order valence-corrected chi connectivity index (χ1v) is 29.9. The molecule has 0 aromatic carbocycles. The van der Waals surface area contributed by atoms with Gasteiger partial charge in [0.2, 0.25) is 5.91 Å². The van der Waals surface area contributed by atoms with Gasteiger partial charge in [-0.15, -0.1) is 0 Å². The van der Waals surface area contributed by atoms with Crippen LogP contribution in [0.1, 0.15) is 193 Å². The highest BCUT2D eigenvalue weighted by Crippen LogP contribution is 2.67. The Labute approximate surface area is 438 Å². The van der Waals surface area contributed by atoms with E-state index in [2.05, 4.69) is 51.3 Å². The standard InChI is InChI=1S/C56H98N4O9S2/c1-39(2)20-17-21-40(3)44-24-25-45-43-23-22-41-36-42(26-28-55(41,13)46(43)27-29-56(44,45)14)66-48(62)38-71-70-37-47(61)59(34-18-30-57-49(63)67-52(4,5)6)32-15-16-33-60(51(65)69-54(10,11)12)35-19-31-58-50(64)68-53(7,8)9/h22,39-40,42-46H,15-21,23-38H2,1-14H3,(H,57,63)(H,58,64)/t40?,42-,43-,44+,45-,46-,55-,56+/m0/s1. The number of carbonyl (C=O) groups excluding carboxylic acids is 5. The minimum absolute atomic E-state index is 0.0632. The summed E-state index contributed by atoms with van der Waals surface area (Å²) in [4.78, 5) is 68.0. The molecule has 1 unspecified atom stereocenters. The van der Waals surface area contributed by atoms with E-state index in [0.29, 0.717) is 70.4 Å². The highest BCUT2D eigenvalue weighted by molar-refractivity contribution is 8.77. The minimum Gasteiger partial charge on any atom is -0.461 e. The van der Waals surface area contributed by atoms with Crippen LogP contribution in [0.5, 0.6) is 0 Å². The molecule has 0 bridgehead atoms. The van der Waals surface area contributed by atoms with Crippen LogP contribution >= 0.6 is 21.6 Å². The number of fused-ring (bicyclic) bond motifs is 5. The summed E-state index contributed by atoms with van der Waals surface area (Å²) in [5, 5.41) is 5.53. The van der Waals surface area contributed by atoms with Crippen LogP contribution < -0.4 is 10.6 Å². The lowest BCUT2D eigenvalue weighted by Gasteiger charge is -2.58. The lowest BCUT2D eigenvalue weighted by atomic mass is 9.47. The zero-order chi connectivity index (χ0) is 52.8. The van der Waals surface area contributed by atoms with E-state index in [1.54, 1.807) is 30.6 Å². The van der Waals surface area contributed by atoms with Crippen molar-refractivity contribution >= 4 is 51.7 Å². The first-order chi connectivity index (χ1) is 33.1. The molecule has 2 N–H and O–H groups in total. The molecule has 0 aromatic heterocycles. The zero-order valence-corrected chi connectivity index (χ0v) is 48.4. The third-order valence-electron chi connectivity index (χ3n) is 15.7. The Hall–Kier alpha value is -2.81. The topological polar surface area (TPSA) is 153 Å². The fourth-order valence-electron chi connectivity index (χ4n) is 12.4. The van der Waals surface area contributed by atoms with Gasteiger partial charge in [0.15, 0.2) is 0 Å². The maximum absolute atomic E-state index is 13.7. The van der Waals surface area contributed by atoms with E-state index < -0.39 is 35.1 Å². The molecular formula is C56H98N4O9S2. The second kappa shape index (κ2) is 27.1. The molecule has 0 heterocycles. The van der Waals surface area contributed by atoms with Crippen LogP contribution in [0.25, 0.3) is 0 Å². The van der Waals surface area contributed by atoms with E-state index in [4.69, 9.17) is 18.9 Å². The molecule has 4 aliphatic rings. The van der Waals surface area contributed by atoms with Gasteiger partial charge in [0.25, 0.3) is 0 Å². The van der Waals surface area contributed by atoms with Crippen LogP contribution in [-0.2, 0) is 28.5 Å². The number of amides is 4. The number of ether oxygens (including phenoxy) is 4. The molecule has 15 heteroatoms. The number of allylic oxidation sites excluding steroid dienone is 1. The van der Waals surface area contributed by atoms with Crippen molar-refractivity contribution in [3.8, 4) is 0 Å². The van der Waals surface area contributed by atoms with Crippen molar-refractivity contribution in [1.29, 1.82) is 0 Å². The van der Waals surface area contributed by atoms with Gasteiger partial charge >= 0.3 is 24.2 Å². The summed E-state index contributed by atoms with van der Waals surface area (Å²) in [6.45, 7) is 31.1. The Balaban J connectivity index is 1.25. The molecule has 13 nitrogen and oxygen atoms in total. The molecule has 4 aliphatic carbocycles. The highest BCUT2D eigenvalue weighted by Gasteiger charge is 2.59. The SMILES string of the molecule is CC(C)CCCC(C)[C@H]1CC[C@H]2[C@@H]3CC=C4C[C@@H](OC(=O)CSSCC(=O)N(CCCCN(CCCNC(=O)OC(C)(C)C)C(=O)OC(C)(C)C)CCCNC(=O)OC(C)(C)C)CC[C@]4(C)[C@H]3CC[C@]12C. The Kier molecular flexibility index (Phi) is 23.2. The van der Waals surface area contributed by atoms with Crippen molar-refractivity contribution in [1.82, 2.24) is 20.4 Å². The fraction of sp³-hybridized carbons (Fsp3) is 0.875. The van der Waals surface area contributed by atoms with E-state index in [9.17, 15) is 24.0 Å². The predicted molar refractivity (Wildman–Crippen MR) is 289 cm³/mol. The van der Waals surface area contributed by atoms with Gasteiger partial charge in [-0.3, -0.25) is 9.59 Å². The summed E-state index contributed by atoms with van der Waals surface area (Å²) in [5.41, 5.74) is 0.268. The van der Waals surface area contributed by atoms with Crippen molar-refractivity contribution in [3.05, 3.63) is 11.6 Å². The molecule has 3 fully saturated rings. The molecule has 0 spiro atoms. The van der Waals surface area contributed by atoms with Crippen LogP contribution in [-0.4, -0.2) is 114 Å². The number of hydrogen-bond donors (Lipinski definition) is 2. The Morgan fingerprint density at radius 3 is 1.83 bits per heavy atom. The molecule has 0 radical (unpaired) electrons. The lowest BCUT2D eigenvalue weighted by molar-refractivity contribution is -0.148. The smallest absolute Gasteiger partial charge is 0.410 e. The summed E-state index contributed by atoms with van der Waals surface area (Å²) < 4.78 is 22.5. The third-order valence-corrected chi connectivity index (χ3v) is 17.7. The van der Waals surface area contributed by atoms with Gasteiger partial charge in [0.1, 0.15) is 28.7 Å². The first-order valence-electron chi connectivity index (χ1n) is 27.4. The van der Waals surface area contributed by atoms with Crippen LogP contribution in [0.4, 0.5) is 14.4 Å². The van der Waals surface area contributed by atoms with Gasteiger partial charge in [-0.2, -0.15) is 0 Å². The number of hydrogen-bond acceptors (Lipinski definition) is 11. The second-order valence-corrected chi connectivity index (χ2v) is 27.8. The zero-order valence-electron chi connectivity index (χ0n) is 46.8. The summed E-state index contributed by atoms with van der Waals surface area (Å²) in [7, 11) is 2.71. The number of esters is 1. The Morgan fingerprint density at radius 1 is 0.676 bits per heavy atom. The summed E-state index contributed by atoms with van der Waals surface area (Å²) in [6.07, 6.45) is 16.8. The summed E-state index contributed by atoms with van der Waals surface area (Å²) in [6, 6.07) is 0. The van der Waals surface area contributed by atoms with Gasteiger partial charge in [-0.1, -0.05) is 87.1 Å². The van der Waals surface area contributed by atoms with Gasteiger partial charge in [-0.25, -0.2) is 14.4 Å². The van der Waals surface area contributed by atoms with Crippen LogP contribution in [0.2, 0.25) is 0 Å². The molecule has 3 saturated carbocycles. The van der Waals surface area contributed by atoms with Crippen molar-refractivity contribution < 1.29 is 42.9 Å². The summed E-state index contributed by atoms with van der Waals surface area (Å²) in [5.74, 6) is 4.80. The number of rotatable bonds is 24. The largest absolute Gasteiger partial charge is 0.461 e. The average Bonchev–Trinajstić information content (AvgIpc) is 3.60. The summed E-state index contributed by atoms with van der Waals surface area (Å²) >= 11 is 0. The van der Waals surface area contributed by atoms with E-state index in [1.165, 1.54) is 78.5 Å². The van der Waals surface area contributed by atoms with Crippen molar-refractivity contribution in [3.63, 3.8) is 0 Å². The second-order valence-electron chi connectivity index (χ2n) is 25.3. The minimum atomic E-state index is -0.675. The monoisotopic (exact) mass is 1030 g/mol. The van der Waals surface area contributed by atoms with E-state index >= 15 is 0 Å². The lowest BCUT2D eigenvalue weighted by Crippen LogP contribution is -2.51. The quantitative estimate of drug-likeness (QED) is 0.0312. The molecule has 4 rings (SSSR count). The molecule has 71 heavy (non-hydrogen) atoms. The molecule has 8 atom stereocenters. The predicted octanol–water partition coefficient (Wildman–Crippen LogP) is 13.0. The van der Waals surface area contributed by atoms with Crippen molar-refractivity contribution in [2.45, 2.75) is 216 Å². The first kappa shape index (κ1) is 60.7. The normalized spacial score (nSPS) is 25.7. The highest BCUT2D eigenvalue weighted by atomic mass is 33.1.